The van der Waals surface area contributed by atoms with Crippen molar-refractivity contribution in [3.63, 3.8) is 0 Å². The van der Waals surface area contributed by atoms with E-state index in [1.165, 1.54) is 12.1 Å². The van der Waals surface area contributed by atoms with Crippen LogP contribution in [0.2, 0.25) is 5.02 Å². The Morgan fingerprint density at radius 2 is 2.21 bits per heavy atom. The zero-order valence-electron chi connectivity index (χ0n) is 13.0. The normalized spacial score (nSPS) is 20.8. The van der Waals surface area contributed by atoms with Gasteiger partial charge in [-0.1, -0.05) is 17.7 Å². The molecule has 1 heterocycles. The number of rotatable bonds is 3. The van der Waals surface area contributed by atoms with Crippen molar-refractivity contribution >= 4 is 40.4 Å². The van der Waals surface area contributed by atoms with Gasteiger partial charge >= 0.3 is 0 Å². The molecule has 1 aliphatic heterocycles. The first-order valence-electron chi connectivity index (χ1n) is 7.72. The van der Waals surface area contributed by atoms with Crippen LogP contribution in [0.5, 0.6) is 0 Å². The molecule has 8 heteroatoms. The first-order valence-corrected chi connectivity index (χ1v) is 8.50. The molecule has 0 amide bonds. The number of nitro benzene ring substituents is 1. The first-order chi connectivity index (χ1) is 11.4. The van der Waals surface area contributed by atoms with Crippen LogP contribution < -0.4 is 5.32 Å². The van der Waals surface area contributed by atoms with E-state index >= 15 is 0 Å². The van der Waals surface area contributed by atoms with Gasteiger partial charge in [-0.3, -0.25) is 14.9 Å². The van der Waals surface area contributed by atoms with Gasteiger partial charge < -0.3 is 10.2 Å². The first kappa shape index (κ1) is 16.9. The molecule has 0 fully saturated rings. The van der Waals surface area contributed by atoms with E-state index in [1.54, 1.807) is 6.07 Å². The van der Waals surface area contributed by atoms with Crippen molar-refractivity contribution in [2.75, 3.05) is 6.54 Å². The number of hydrogen-bond acceptors (Lipinski definition) is 4. The molecule has 0 radical (unpaired) electrons. The van der Waals surface area contributed by atoms with Gasteiger partial charge in [0.1, 0.15) is 5.02 Å². The second kappa shape index (κ2) is 6.49. The fourth-order valence-corrected chi connectivity index (χ4v) is 3.83. The maximum atomic E-state index is 12.5. The van der Waals surface area contributed by atoms with Crippen LogP contribution in [0.4, 0.5) is 5.69 Å². The molecule has 1 unspecified atom stereocenters. The van der Waals surface area contributed by atoms with E-state index in [0.29, 0.717) is 29.2 Å². The largest absolute Gasteiger partial charge is 0.351 e. The highest BCUT2D eigenvalue weighted by Crippen LogP contribution is 2.38. The summed E-state index contributed by atoms with van der Waals surface area (Å²) in [5.74, 6) is 0.0623. The summed E-state index contributed by atoms with van der Waals surface area (Å²) in [5, 5.41) is 14.9. The van der Waals surface area contributed by atoms with E-state index < -0.39 is 11.0 Å². The molecule has 0 spiro atoms. The molecular weight excluding hydrogens is 350 g/mol. The van der Waals surface area contributed by atoms with E-state index in [1.807, 2.05) is 11.8 Å². The van der Waals surface area contributed by atoms with Gasteiger partial charge in [-0.2, -0.15) is 0 Å². The van der Waals surface area contributed by atoms with Gasteiger partial charge in [-0.15, -0.1) is 0 Å². The average Bonchev–Trinajstić information content (AvgIpc) is 2.54. The van der Waals surface area contributed by atoms with Gasteiger partial charge in [-0.05, 0) is 43.6 Å². The molecule has 0 bridgehead atoms. The van der Waals surface area contributed by atoms with Crippen LogP contribution in [0, 0.1) is 10.1 Å². The van der Waals surface area contributed by atoms with E-state index in [2.05, 4.69) is 5.32 Å². The van der Waals surface area contributed by atoms with Crippen LogP contribution in [0.15, 0.2) is 29.5 Å². The van der Waals surface area contributed by atoms with Gasteiger partial charge in [0.25, 0.3) is 5.69 Å². The number of ketones is 1. The van der Waals surface area contributed by atoms with Crippen molar-refractivity contribution in [2.24, 2.45) is 0 Å². The van der Waals surface area contributed by atoms with Gasteiger partial charge in [0.2, 0.25) is 0 Å². The zero-order valence-corrected chi connectivity index (χ0v) is 14.6. The summed E-state index contributed by atoms with van der Waals surface area (Å²) in [6, 6.07) is 4.12. The Morgan fingerprint density at radius 1 is 1.46 bits per heavy atom. The van der Waals surface area contributed by atoms with Gasteiger partial charge in [0.15, 0.2) is 10.9 Å². The Hall–Kier alpha value is -1.99. The van der Waals surface area contributed by atoms with Crippen molar-refractivity contribution in [3.8, 4) is 0 Å². The van der Waals surface area contributed by atoms with Crippen LogP contribution >= 0.6 is 23.8 Å². The molecule has 0 saturated carbocycles. The Kier molecular flexibility index (Phi) is 4.56. The van der Waals surface area contributed by atoms with E-state index in [4.69, 9.17) is 23.8 Å². The number of nitrogens with one attached hydrogen (secondary N) is 1. The summed E-state index contributed by atoms with van der Waals surface area (Å²) in [6.45, 7) is 2.65. The number of carbonyl (C=O) groups is 1. The molecule has 1 atom stereocenters. The van der Waals surface area contributed by atoms with Crippen LogP contribution in [-0.2, 0) is 4.79 Å². The molecule has 6 nitrogen and oxygen atoms in total. The third kappa shape index (κ3) is 2.78. The van der Waals surface area contributed by atoms with E-state index in [9.17, 15) is 14.9 Å². The minimum Gasteiger partial charge on any atom is -0.351 e. The molecule has 1 aromatic rings. The van der Waals surface area contributed by atoms with Crippen molar-refractivity contribution in [2.45, 2.75) is 32.2 Å². The second-order valence-electron chi connectivity index (χ2n) is 5.73. The lowest BCUT2D eigenvalue weighted by Gasteiger charge is -2.40. The molecular formula is C16H16ClN3O3S. The highest BCUT2D eigenvalue weighted by atomic mass is 35.5. The topological polar surface area (TPSA) is 75.5 Å². The zero-order chi connectivity index (χ0) is 17.4. The molecule has 126 valence electrons. The lowest BCUT2D eigenvalue weighted by molar-refractivity contribution is -0.384. The molecule has 2 aliphatic rings. The van der Waals surface area contributed by atoms with Gasteiger partial charge in [-0.25, -0.2) is 0 Å². The maximum absolute atomic E-state index is 12.5. The van der Waals surface area contributed by atoms with Crippen molar-refractivity contribution in [1.82, 2.24) is 10.2 Å². The highest BCUT2D eigenvalue weighted by molar-refractivity contribution is 7.80. The highest BCUT2D eigenvalue weighted by Gasteiger charge is 2.37. The predicted octanol–water partition coefficient (Wildman–Crippen LogP) is 3.51. The monoisotopic (exact) mass is 365 g/mol. The number of halogens is 1. The van der Waals surface area contributed by atoms with Crippen LogP contribution in [-0.4, -0.2) is 27.3 Å². The number of Topliss-reactive ketones (excluding diaryl/α,β-unsaturated/α-hetero) is 1. The predicted molar refractivity (Wildman–Crippen MR) is 94.8 cm³/mol. The number of nitro groups is 1. The Labute approximate surface area is 149 Å². The number of allylic oxidation sites excluding steroid dienone is 1. The van der Waals surface area contributed by atoms with Crippen molar-refractivity contribution < 1.29 is 9.72 Å². The lowest BCUT2D eigenvalue weighted by atomic mass is 9.84. The molecule has 3 rings (SSSR count). The van der Waals surface area contributed by atoms with Gasteiger partial charge in [0, 0.05) is 30.3 Å². The number of benzene rings is 1. The fourth-order valence-electron chi connectivity index (χ4n) is 3.28. The summed E-state index contributed by atoms with van der Waals surface area (Å²) in [4.78, 5) is 25.1. The second-order valence-corrected chi connectivity index (χ2v) is 6.53. The minimum absolute atomic E-state index is 0.0623. The number of hydrogen-bond donors (Lipinski definition) is 1. The third-order valence-corrected chi connectivity index (χ3v) is 5.03. The summed E-state index contributed by atoms with van der Waals surface area (Å²) in [6.07, 6.45) is 2.06. The SMILES string of the molecule is CCN1C(=S)NC(c2ccc(Cl)c([N+](=O)[O-])c2)C2=C1CCCC2=O. The van der Waals surface area contributed by atoms with Crippen molar-refractivity contribution in [3.05, 3.63) is 50.2 Å². The van der Waals surface area contributed by atoms with E-state index in [-0.39, 0.29) is 16.5 Å². The Morgan fingerprint density at radius 3 is 2.88 bits per heavy atom. The average molecular weight is 366 g/mol. The van der Waals surface area contributed by atoms with Crippen molar-refractivity contribution in [1.29, 1.82) is 0 Å². The van der Waals surface area contributed by atoms with Gasteiger partial charge in [0.05, 0.1) is 11.0 Å². The van der Waals surface area contributed by atoms with Crippen LogP contribution in [0.3, 0.4) is 0 Å². The number of carbonyl (C=O) groups excluding carboxylic acids is 1. The lowest BCUT2D eigenvalue weighted by Crippen LogP contribution is -2.49. The van der Waals surface area contributed by atoms with Crippen LogP contribution in [0.1, 0.15) is 37.8 Å². The summed E-state index contributed by atoms with van der Waals surface area (Å²) < 4.78 is 0. The fraction of sp³-hybridized carbons (Fsp3) is 0.375. The molecule has 0 saturated heterocycles. The molecule has 24 heavy (non-hydrogen) atoms. The molecule has 0 aromatic heterocycles. The number of thiocarbonyl (C=S) groups is 1. The van der Waals surface area contributed by atoms with Crippen LogP contribution in [0.25, 0.3) is 0 Å². The number of nitrogens with zero attached hydrogens (tertiary/aromatic N) is 2. The third-order valence-electron chi connectivity index (χ3n) is 4.37. The molecule has 1 N–H and O–H groups in total. The summed E-state index contributed by atoms with van der Waals surface area (Å²) in [5.41, 5.74) is 2.03. The smallest absolute Gasteiger partial charge is 0.288 e. The Bertz CT molecular complexity index is 778. The maximum Gasteiger partial charge on any atom is 0.288 e. The quantitative estimate of drug-likeness (QED) is 0.502. The van der Waals surface area contributed by atoms with E-state index in [0.717, 1.165) is 18.5 Å². The molecule has 1 aromatic carbocycles. The summed E-state index contributed by atoms with van der Waals surface area (Å²) in [7, 11) is 0. The minimum atomic E-state index is -0.524. The standard InChI is InChI=1S/C16H16ClN3O3S/c1-2-19-11-4-3-5-13(21)14(11)15(18-16(19)24)9-6-7-10(17)12(8-9)20(22)23/h6-8,15H,2-5H2,1H3,(H,18,24). The Balaban J connectivity index is 2.13. The molecule has 1 aliphatic carbocycles. The summed E-state index contributed by atoms with van der Waals surface area (Å²) >= 11 is 11.3.